The summed E-state index contributed by atoms with van der Waals surface area (Å²) >= 11 is 0. The van der Waals surface area contributed by atoms with E-state index in [9.17, 15) is 27.2 Å². The quantitative estimate of drug-likeness (QED) is 0.552. The van der Waals surface area contributed by atoms with Gasteiger partial charge in [0.25, 0.3) is 15.9 Å². The molecule has 1 aliphatic carbocycles. The maximum Gasteiger partial charge on any atom is 0.269 e. The predicted octanol–water partition coefficient (Wildman–Crippen LogP) is 3.23. The van der Waals surface area contributed by atoms with Crippen LogP contribution in [0.2, 0.25) is 0 Å². The first-order valence-electron chi connectivity index (χ1n) is 12.2. The van der Waals surface area contributed by atoms with Crippen LogP contribution in [0.25, 0.3) is 0 Å². The van der Waals surface area contributed by atoms with Crippen LogP contribution in [0, 0.1) is 5.82 Å². The van der Waals surface area contributed by atoms with Crippen LogP contribution in [0.4, 0.5) is 4.39 Å². The lowest BCUT2D eigenvalue weighted by Gasteiger charge is -2.30. The van der Waals surface area contributed by atoms with Crippen LogP contribution < -0.4 is 5.32 Å². The molecule has 8 nitrogen and oxygen atoms in total. The van der Waals surface area contributed by atoms with Crippen LogP contribution in [0.3, 0.4) is 0 Å². The van der Waals surface area contributed by atoms with Crippen LogP contribution in [0.5, 0.6) is 0 Å². The van der Waals surface area contributed by atoms with E-state index in [-0.39, 0.29) is 54.2 Å². The molecule has 4 rings (SSSR count). The Bertz CT molecular complexity index is 1240. The summed E-state index contributed by atoms with van der Waals surface area (Å²) < 4.78 is 39.7. The Morgan fingerprint density at radius 3 is 2.44 bits per heavy atom. The molecule has 1 aliphatic heterocycles. The van der Waals surface area contributed by atoms with Gasteiger partial charge in [0.1, 0.15) is 16.8 Å². The Balaban J connectivity index is 1.43. The molecule has 1 heterocycles. The van der Waals surface area contributed by atoms with Crippen LogP contribution in [-0.2, 0) is 26.2 Å². The predicted molar refractivity (Wildman–Crippen MR) is 131 cm³/mol. The number of fused-ring (bicyclic) bond motifs is 1. The lowest BCUT2D eigenvalue weighted by Crippen LogP contribution is -2.49. The van der Waals surface area contributed by atoms with E-state index in [1.807, 2.05) is 0 Å². The van der Waals surface area contributed by atoms with E-state index >= 15 is 0 Å². The number of benzene rings is 2. The van der Waals surface area contributed by atoms with E-state index in [0.717, 1.165) is 30.0 Å². The minimum absolute atomic E-state index is 0.0310. The third kappa shape index (κ3) is 5.43. The minimum Gasteiger partial charge on any atom is -0.352 e. The summed E-state index contributed by atoms with van der Waals surface area (Å²) in [6.45, 7) is 1.61. The molecule has 2 aromatic carbocycles. The molecule has 0 unspecified atom stereocenters. The number of carbonyl (C=O) groups is 3. The minimum atomic E-state index is -3.95. The highest BCUT2D eigenvalue weighted by atomic mass is 32.2. The van der Waals surface area contributed by atoms with Gasteiger partial charge in [-0.2, -0.15) is 0 Å². The van der Waals surface area contributed by atoms with Gasteiger partial charge >= 0.3 is 0 Å². The van der Waals surface area contributed by atoms with Gasteiger partial charge in [0, 0.05) is 25.6 Å². The lowest BCUT2D eigenvalue weighted by molar-refractivity contribution is -0.141. The topological polar surface area (TPSA) is 104 Å². The first-order chi connectivity index (χ1) is 17.2. The summed E-state index contributed by atoms with van der Waals surface area (Å²) in [5.41, 5.74) is 0.789. The summed E-state index contributed by atoms with van der Waals surface area (Å²) in [4.78, 5) is 40.2. The number of sulfonamides is 1. The van der Waals surface area contributed by atoms with Gasteiger partial charge in [-0.05, 0) is 56.0 Å². The highest BCUT2D eigenvalue weighted by Gasteiger charge is 2.40. The molecule has 10 heteroatoms. The van der Waals surface area contributed by atoms with Crippen LogP contribution in [0.15, 0.2) is 53.4 Å². The van der Waals surface area contributed by atoms with E-state index in [1.165, 1.54) is 29.2 Å². The first kappa shape index (κ1) is 25.8. The summed E-state index contributed by atoms with van der Waals surface area (Å²) in [6.07, 6.45) is 3.97. The molecule has 36 heavy (non-hydrogen) atoms. The van der Waals surface area contributed by atoms with Gasteiger partial charge in [-0.25, -0.2) is 17.1 Å². The monoisotopic (exact) mass is 515 g/mol. The number of amides is 3. The Labute approximate surface area is 210 Å². The molecule has 2 aliphatic rings. The Morgan fingerprint density at radius 1 is 1.11 bits per heavy atom. The third-order valence-corrected chi connectivity index (χ3v) is 8.64. The van der Waals surface area contributed by atoms with Crippen LogP contribution in [-0.4, -0.2) is 54.0 Å². The fraction of sp³-hybridized carbons (Fsp3) is 0.423. The number of nitrogens with zero attached hydrogens (tertiary/aromatic N) is 2. The van der Waals surface area contributed by atoms with Gasteiger partial charge in [0.2, 0.25) is 11.8 Å². The zero-order chi connectivity index (χ0) is 25.9. The summed E-state index contributed by atoms with van der Waals surface area (Å²) in [5, 5.41) is 3.01. The van der Waals surface area contributed by atoms with E-state index in [0.29, 0.717) is 5.56 Å². The van der Waals surface area contributed by atoms with Crippen molar-refractivity contribution in [3.63, 3.8) is 0 Å². The van der Waals surface area contributed by atoms with Gasteiger partial charge in [0.05, 0.1) is 5.56 Å². The molecule has 0 saturated heterocycles. The second-order valence-corrected chi connectivity index (χ2v) is 11.1. The molecular formula is C26H30FN3O5S. The number of carbonyl (C=O) groups excluding carboxylic acids is 3. The van der Waals surface area contributed by atoms with Gasteiger partial charge in [-0.3, -0.25) is 14.4 Å². The largest absolute Gasteiger partial charge is 0.352 e. The van der Waals surface area contributed by atoms with Gasteiger partial charge in [-0.1, -0.05) is 37.1 Å². The van der Waals surface area contributed by atoms with Crippen LogP contribution in [0.1, 0.15) is 61.4 Å². The fourth-order valence-corrected chi connectivity index (χ4v) is 6.34. The molecule has 192 valence electrons. The van der Waals surface area contributed by atoms with E-state index in [1.54, 1.807) is 31.2 Å². The second-order valence-electron chi connectivity index (χ2n) is 9.30. The van der Waals surface area contributed by atoms with Crippen molar-refractivity contribution in [2.45, 2.75) is 69.0 Å². The standard InChI is InChI=1S/C26H30FN3O5S/c1-18(25(32)28-21-7-2-3-8-21)29(17-19-12-14-20(27)15-13-19)24(31)11-6-16-30-26(33)22-9-4-5-10-23(22)36(30,34)35/h4-5,9-10,12-15,18,21H,2-3,6-8,11,16-17H2,1H3,(H,28,32)/t18-/m1/s1. The second kappa shape index (κ2) is 10.8. The van der Waals surface area contributed by atoms with Gasteiger partial charge < -0.3 is 10.2 Å². The highest BCUT2D eigenvalue weighted by Crippen LogP contribution is 2.30. The van der Waals surface area contributed by atoms with Crippen molar-refractivity contribution >= 4 is 27.7 Å². The van der Waals surface area contributed by atoms with Crippen molar-refractivity contribution in [2.75, 3.05) is 6.54 Å². The first-order valence-corrected chi connectivity index (χ1v) is 13.6. The molecule has 1 saturated carbocycles. The van der Waals surface area contributed by atoms with Gasteiger partial charge in [-0.15, -0.1) is 0 Å². The summed E-state index contributed by atoms with van der Waals surface area (Å²) in [5.74, 6) is -1.62. The Kier molecular flexibility index (Phi) is 7.73. The summed E-state index contributed by atoms with van der Waals surface area (Å²) in [7, 11) is -3.95. The van der Waals surface area contributed by atoms with Crippen molar-refractivity contribution in [3.05, 3.63) is 65.5 Å². The lowest BCUT2D eigenvalue weighted by atomic mass is 10.1. The van der Waals surface area contributed by atoms with Crippen LogP contribution >= 0.6 is 0 Å². The average molecular weight is 516 g/mol. The maximum absolute atomic E-state index is 13.4. The van der Waals surface area contributed by atoms with E-state index < -0.39 is 27.8 Å². The van der Waals surface area contributed by atoms with Gasteiger partial charge in [0.15, 0.2) is 0 Å². The summed E-state index contributed by atoms with van der Waals surface area (Å²) in [6, 6.07) is 11.0. The zero-order valence-corrected chi connectivity index (χ0v) is 21.0. The average Bonchev–Trinajstić information content (AvgIpc) is 3.44. The molecule has 0 bridgehead atoms. The SMILES string of the molecule is C[C@H](C(=O)NC1CCCC1)N(Cc1ccc(F)cc1)C(=O)CCCN1C(=O)c2ccccc2S1(=O)=O. The molecule has 3 amide bonds. The molecular weight excluding hydrogens is 485 g/mol. The number of nitrogens with one attached hydrogen (secondary N) is 1. The molecule has 0 aromatic heterocycles. The van der Waals surface area contributed by atoms with Crippen molar-refractivity contribution in [3.8, 4) is 0 Å². The molecule has 0 spiro atoms. The zero-order valence-electron chi connectivity index (χ0n) is 20.2. The molecule has 1 fully saturated rings. The maximum atomic E-state index is 13.4. The Morgan fingerprint density at radius 2 is 1.78 bits per heavy atom. The van der Waals surface area contributed by atoms with Crippen molar-refractivity contribution in [1.29, 1.82) is 0 Å². The highest BCUT2D eigenvalue weighted by molar-refractivity contribution is 7.90. The molecule has 2 aromatic rings. The van der Waals surface area contributed by atoms with E-state index in [4.69, 9.17) is 0 Å². The smallest absolute Gasteiger partial charge is 0.269 e. The third-order valence-electron chi connectivity index (χ3n) is 6.80. The number of rotatable bonds is 9. The molecule has 1 atom stereocenters. The number of hydrogen-bond donors (Lipinski definition) is 1. The van der Waals surface area contributed by atoms with Crippen molar-refractivity contribution < 1.29 is 27.2 Å². The number of hydrogen-bond acceptors (Lipinski definition) is 5. The normalized spacial score (nSPS) is 17.6. The molecule has 0 radical (unpaired) electrons. The van der Waals surface area contributed by atoms with Crippen molar-refractivity contribution in [2.24, 2.45) is 0 Å². The molecule has 1 N–H and O–H groups in total. The fourth-order valence-electron chi connectivity index (χ4n) is 4.73. The van der Waals surface area contributed by atoms with E-state index in [2.05, 4.69) is 5.32 Å². The Hall–Kier alpha value is -3.27. The van der Waals surface area contributed by atoms with Crippen molar-refractivity contribution in [1.82, 2.24) is 14.5 Å². The number of halogens is 1.